The molecule has 0 aliphatic heterocycles. The third-order valence-electron chi connectivity index (χ3n) is 2.78. The minimum absolute atomic E-state index is 0.545. The normalized spacial score (nSPS) is 12.2. The molecule has 0 aromatic heterocycles. The van der Waals surface area contributed by atoms with Gasteiger partial charge in [-0.1, -0.05) is 53.6 Å². The van der Waals surface area contributed by atoms with Crippen LogP contribution in [0.4, 0.5) is 0 Å². The fraction of sp³-hybridized carbons (Fsp3) is 0.467. The Bertz CT molecular complexity index is 371. The molecule has 0 aliphatic rings. The van der Waals surface area contributed by atoms with E-state index in [0.717, 1.165) is 24.2 Å². The molecule has 0 unspecified atom stereocenters. The van der Waals surface area contributed by atoms with Crippen molar-refractivity contribution in [3.8, 4) is 0 Å². The molecule has 2 nitrogen and oxygen atoms in total. The highest BCUT2D eigenvalue weighted by Crippen LogP contribution is 2.16. The molecule has 0 saturated carbocycles. The maximum absolute atomic E-state index is 5.03. The molecule has 0 spiro atoms. The van der Waals surface area contributed by atoms with E-state index in [4.69, 9.17) is 4.74 Å². The average molecular weight is 312 g/mol. The Morgan fingerprint density at radius 1 is 1.33 bits per heavy atom. The second-order valence-electron chi connectivity index (χ2n) is 4.60. The molecule has 0 atom stereocenters. The van der Waals surface area contributed by atoms with Gasteiger partial charge in [0.25, 0.3) is 0 Å². The Balaban J connectivity index is 2.63. The summed E-state index contributed by atoms with van der Waals surface area (Å²) in [5, 5.41) is 3.40. The zero-order valence-electron chi connectivity index (χ0n) is 11.4. The van der Waals surface area contributed by atoms with Gasteiger partial charge in [-0.05, 0) is 23.6 Å². The maximum Gasteiger partial charge on any atom is 0.0587 e. The van der Waals surface area contributed by atoms with Gasteiger partial charge in [-0.15, -0.1) is 0 Å². The molecule has 0 aliphatic carbocycles. The summed E-state index contributed by atoms with van der Waals surface area (Å²) >= 11 is 3.45. The van der Waals surface area contributed by atoms with Crippen molar-refractivity contribution in [3.05, 3.63) is 39.9 Å². The van der Waals surface area contributed by atoms with Crippen LogP contribution in [0, 0.1) is 5.92 Å². The molecule has 0 amide bonds. The van der Waals surface area contributed by atoms with Gasteiger partial charge in [0.05, 0.1) is 6.61 Å². The first kappa shape index (κ1) is 15.4. The van der Waals surface area contributed by atoms with E-state index in [2.05, 4.69) is 65.4 Å². The Morgan fingerprint density at radius 3 is 2.56 bits per heavy atom. The first-order valence-corrected chi connectivity index (χ1v) is 7.08. The van der Waals surface area contributed by atoms with Gasteiger partial charge in [0.15, 0.2) is 0 Å². The molecular weight excluding hydrogens is 290 g/mol. The first-order valence-electron chi connectivity index (χ1n) is 6.29. The third kappa shape index (κ3) is 5.80. The smallest absolute Gasteiger partial charge is 0.0587 e. The molecule has 100 valence electrons. The van der Waals surface area contributed by atoms with E-state index in [1.807, 2.05) is 0 Å². The van der Waals surface area contributed by atoms with Crippen molar-refractivity contribution in [2.24, 2.45) is 5.92 Å². The van der Waals surface area contributed by atoms with Crippen molar-refractivity contribution in [3.63, 3.8) is 0 Å². The molecule has 3 heteroatoms. The van der Waals surface area contributed by atoms with Crippen molar-refractivity contribution in [2.75, 3.05) is 26.8 Å². The monoisotopic (exact) mass is 311 g/mol. The van der Waals surface area contributed by atoms with E-state index in [9.17, 15) is 0 Å². The summed E-state index contributed by atoms with van der Waals surface area (Å²) in [6, 6.07) is 8.40. The number of rotatable bonds is 7. The summed E-state index contributed by atoms with van der Waals surface area (Å²) in [5.41, 5.74) is 2.66. The molecule has 0 saturated heterocycles. The van der Waals surface area contributed by atoms with Gasteiger partial charge in [0, 0.05) is 24.7 Å². The number of methoxy groups -OCH3 is 1. The highest BCUT2D eigenvalue weighted by Gasteiger charge is 2.03. The number of ether oxygens (including phenoxy) is 1. The fourth-order valence-electron chi connectivity index (χ4n) is 1.60. The van der Waals surface area contributed by atoms with Gasteiger partial charge >= 0.3 is 0 Å². The topological polar surface area (TPSA) is 21.3 Å². The quantitative estimate of drug-likeness (QED) is 0.775. The van der Waals surface area contributed by atoms with Gasteiger partial charge in [-0.25, -0.2) is 0 Å². The van der Waals surface area contributed by atoms with Gasteiger partial charge < -0.3 is 10.1 Å². The number of hydrogen-bond acceptors (Lipinski definition) is 2. The Kier molecular flexibility index (Phi) is 7.25. The molecule has 1 aromatic rings. The molecule has 0 heterocycles. The summed E-state index contributed by atoms with van der Waals surface area (Å²) in [4.78, 5) is 0. The van der Waals surface area contributed by atoms with E-state index in [-0.39, 0.29) is 0 Å². The standard InChI is InChI=1S/C15H22BrNO/c1-12(2)14(11-17-8-9-18-3)10-13-4-6-15(16)7-5-13/h4-7,10,12,17H,8-9,11H2,1-3H3. The Hall–Kier alpha value is -0.640. The van der Waals surface area contributed by atoms with E-state index in [1.54, 1.807) is 7.11 Å². The van der Waals surface area contributed by atoms with Crippen LogP contribution in [0.5, 0.6) is 0 Å². The summed E-state index contributed by atoms with van der Waals surface area (Å²) < 4.78 is 6.14. The number of nitrogens with one attached hydrogen (secondary N) is 1. The summed E-state index contributed by atoms with van der Waals surface area (Å²) in [6.45, 7) is 7.01. The molecule has 18 heavy (non-hydrogen) atoms. The molecule has 1 aromatic carbocycles. The van der Waals surface area contributed by atoms with E-state index < -0.39 is 0 Å². The van der Waals surface area contributed by atoms with Crippen molar-refractivity contribution in [1.82, 2.24) is 5.32 Å². The van der Waals surface area contributed by atoms with Crippen molar-refractivity contribution >= 4 is 22.0 Å². The lowest BCUT2D eigenvalue weighted by atomic mass is 10.0. The largest absolute Gasteiger partial charge is 0.383 e. The van der Waals surface area contributed by atoms with Crippen molar-refractivity contribution < 1.29 is 4.74 Å². The predicted molar refractivity (Wildman–Crippen MR) is 81.7 cm³/mol. The Labute approximate surface area is 119 Å². The SMILES string of the molecule is COCCNCC(=Cc1ccc(Br)cc1)C(C)C. The average Bonchev–Trinajstić information content (AvgIpc) is 2.35. The van der Waals surface area contributed by atoms with Gasteiger partial charge in [-0.2, -0.15) is 0 Å². The lowest BCUT2D eigenvalue weighted by molar-refractivity contribution is 0.200. The minimum atomic E-state index is 0.545. The van der Waals surface area contributed by atoms with Crippen LogP contribution >= 0.6 is 15.9 Å². The van der Waals surface area contributed by atoms with Gasteiger partial charge in [0.2, 0.25) is 0 Å². The minimum Gasteiger partial charge on any atom is -0.383 e. The van der Waals surface area contributed by atoms with Crippen LogP contribution < -0.4 is 5.32 Å². The second-order valence-corrected chi connectivity index (χ2v) is 5.51. The number of benzene rings is 1. The summed E-state index contributed by atoms with van der Waals surface area (Å²) in [7, 11) is 1.72. The first-order chi connectivity index (χ1) is 8.63. The molecule has 0 bridgehead atoms. The van der Waals surface area contributed by atoms with Crippen LogP contribution in [-0.2, 0) is 4.74 Å². The number of halogens is 1. The molecule has 0 fully saturated rings. The molecule has 1 N–H and O–H groups in total. The molecule has 0 radical (unpaired) electrons. The number of hydrogen-bond donors (Lipinski definition) is 1. The van der Waals surface area contributed by atoms with Crippen LogP contribution in [0.2, 0.25) is 0 Å². The lowest BCUT2D eigenvalue weighted by Gasteiger charge is -2.13. The molecular formula is C15H22BrNO. The Morgan fingerprint density at radius 2 is 2.00 bits per heavy atom. The van der Waals surface area contributed by atoms with Crippen LogP contribution in [0.3, 0.4) is 0 Å². The summed E-state index contributed by atoms with van der Waals surface area (Å²) in [5.74, 6) is 0.545. The third-order valence-corrected chi connectivity index (χ3v) is 3.30. The van der Waals surface area contributed by atoms with Crippen LogP contribution in [0.1, 0.15) is 19.4 Å². The van der Waals surface area contributed by atoms with E-state index >= 15 is 0 Å². The molecule has 1 rings (SSSR count). The highest BCUT2D eigenvalue weighted by molar-refractivity contribution is 9.10. The van der Waals surface area contributed by atoms with Gasteiger partial charge in [0.1, 0.15) is 0 Å². The zero-order valence-corrected chi connectivity index (χ0v) is 13.0. The van der Waals surface area contributed by atoms with Crippen molar-refractivity contribution in [1.29, 1.82) is 0 Å². The van der Waals surface area contributed by atoms with E-state index in [1.165, 1.54) is 11.1 Å². The van der Waals surface area contributed by atoms with Crippen LogP contribution in [0.15, 0.2) is 34.3 Å². The van der Waals surface area contributed by atoms with Gasteiger partial charge in [-0.3, -0.25) is 0 Å². The fourth-order valence-corrected chi connectivity index (χ4v) is 1.87. The lowest BCUT2D eigenvalue weighted by Crippen LogP contribution is -2.23. The van der Waals surface area contributed by atoms with E-state index in [0.29, 0.717) is 5.92 Å². The predicted octanol–water partition coefficient (Wildman–Crippen LogP) is 3.72. The zero-order chi connectivity index (χ0) is 13.4. The maximum atomic E-state index is 5.03. The second kappa shape index (κ2) is 8.46. The van der Waals surface area contributed by atoms with Crippen LogP contribution in [0.25, 0.3) is 6.08 Å². The highest BCUT2D eigenvalue weighted by atomic mass is 79.9. The van der Waals surface area contributed by atoms with Crippen molar-refractivity contribution in [2.45, 2.75) is 13.8 Å². The van der Waals surface area contributed by atoms with Crippen LogP contribution in [-0.4, -0.2) is 26.8 Å². The summed E-state index contributed by atoms with van der Waals surface area (Å²) in [6.07, 6.45) is 2.26.